The quantitative estimate of drug-likeness (QED) is 0.640. The number of hydrogen-bond donors (Lipinski definition) is 0. The van der Waals surface area contributed by atoms with Crippen molar-refractivity contribution in [1.29, 1.82) is 0 Å². The van der Waals surface area contributed by atoms with Crippen LogP contribution in [0.4, 0.5) is 0 Å². The van der Waals surface area contributed by atoms with Gasteiger partial charge in [0.2, 0.25) is 0 Å². The molecule has 2 aliphatic rings. The number of aromatic nitrogens is 2. The van der Waals surface area contributed by atoms with Crippen molar-refractivity contribution in [2.45, 2.75) is 19.8 Å². The lowest BCUT2D eigenvalue weighted by atomic mass is 10.1. The van der Waals surface area contributed by atoms with Gasteiger partial charge in [-0.15, -0.1) is 0 Å². The van der Waals surface area contributed by atoms with Crippen LogP contribution in [0.5, 0.6) is 0 Å². The van der Waals surface area contributed by atoms with Crippen LogP contribution in [0.15, 0.2) is 48.5 Å². The van der Waals surface area contributed by atoms with E-state index in [0.717, 1.165) is 67.4 Å². The molecule has 1 amide bonds. The van der Waals surface area contributed by atoms with Crippen LogP contribution in [0.2, 0.25) is 0 Å². The first kappa shape index (κ1) is 20.2. The molecule has 5 rings (SSSR count). The van der Waals surface area contributed by atoms with E-state index < -0.39 is 0 Å². The second-order valence-electron chi connectivity index (χ2n) is 8.72. The van der Waals surface area contributed by atoms with Gasteiger partial charge >= 0.3 is 0 Å². The van der Waals surface area contributed by atoms with Crippen molar-refractivity contribution in [2.24, 2.45) is 0 Å². The van der Waals surface area contributed by atoms with Crippen molar-refractivity contribution in [3.8, 4) is 5.69 Å². The Kier molecular flexibility index (Phi) is 5.74. The summed E-state index contributed by atoms with van der Waals surface area (Å²) in [6, 6.07) is 16.2. The van der Waals surface area contributed by atoms with E-state index in [0.29, 0.717) is 0 Å². The topological polar surface area (TPSA) is 44.6 Å². The standard InChI is InChI=1S/C25H31N5O/c1-20-26-23-19-21(9-10-24(23)30(20)22-7-3-2-4-8-22)25(31)29-17-15-28(16-18-29)14-13-27-11-5-6-12-27/h2-4,7-10,19H,5-6,11-18H2,1H3. The summed E-state index contributed by atoms with van der Waals surface area (Å²) < 4.78 is 2.14. The first-order valence-corrected chi connectivity index (χ1v) is 11.5. The lowest BCUT2D eigenvalue weighted by molar-refractivity contribution is 0.0627. The predicted molar refractivity (Wildman–Crippen MR) is 124 cm³/mol. The molecule has 3 heterocycles. The van der Waals surface area contributed by atoms with Crippen molar-refractivity contribution in [3.63, 3.8) is 0 Å². The highest BCUT2D eigenvalue weighted by atomic mass is 16.2. The maximum absolute atomic E-state index is 13.1. The first-order valence-electron chi connectivity index (χ1n) is 11.5. The minimum absolute atomic E-state index is 0.119. The molecule has 0 saturated carbocycles. The second-order valence-corrected chi connectivity index (χ2v) is 8.72. The van der Waals surface area contributed by atoms with Gasteiger partial charge in [-0.25, -0.2) is 4.98 Å². The Morgan fingerprint density at radius 1 is 0.871 bits per heavy atom. The molecule has 6 heteroatoms. The van der Waals surface area contributed by atoms with Crippen LogP contribution in [-0.4, -0.2) is 82.5 Å². The molecule has 3 aromatic rings. The summed E-state index contributed by atoms with van der Waals surface area (Å²) >= 11 is 0. The van der Waals surface area contributed by atoms with Crippen molar-refractivity contribution < 1.29 is 4.79 Å². The molecule has 162 valence electrons. The largest absolute Gasteiger partial charge is 0.336 e. The fourth-order valence-corrected chi connectivity index (χ4v) is 4.88. The fraction of sp³-hybridized carbons (Fsp3) is 0.440. The molecule has 2 fully saturated rings. The van der Waals surface area contributed by atoms with E-state index in [1.165, 1.54) is 25.9 Å². The number of likely N-dealkylation sites (tertiary alicyclic amines) is 1. The molecule has 0 aliphatic carbocycles. The number of piperazine rings is 1. The van der Waals surface area contributed by atoms with Gasteiger partial charge in [-0.05, 0) is 63.2 Å². The molecule has 0 spiro atoms. The smallest absolute Gasteiger partial charge is 0.254 e. The molecule has 2 saturated heterocycles. The van der Waals surface area contributed by atoms with Gasteiger partial charge in [0.1, 0.15) is 5.82 Å². The molecule has 0 unspecified atom stereocenters. The number of nitrogens with zero attached hydrogens (tertiary/aromatic N) is 5. The minimum Gasteiger partial charge on any atom is -0.336 e. The van der Waals surface area contributed by atoms with Crippen molar-refractivity contribution >= 4 is 16.9 Å². The number of hydrogen-bond acceptors (Lipinski definition) is 4. The summed E-state index contributed by atoms with van der Waals surface area (Å²) in [5, 5.41) is 0. The summed E-state index contributed by atoms with van der Waals surface area (Å²) in [5.41, 5.74) is 3.73. The van der Waals surface area contributed by atoms with E-state index in [1.54, 1.807) is 0 Å². The summed E-state index contributed by atoms with van der Waals surface area (Å²) in [7, 11) is 0. The third kappa shape index (κ3) is 4.23. The molecule has 2 aliphatic heterocycles. The molecule has 2 aromatic carbocycles. The fourth-order valence-electron chi connectivity index (χ4n) is 4.88. The number of fused-ring (bicyclic) bond motifs is 1. The molecule has 0 bridgehead atoms. The number of benzene rings is 2. The lowest BCUT2D eigenvalue weighted by Gasteiger charge is -2.35. The van der Waals surface area contributed by atoms with E-state index in [1.807, 2.05) is 48.2 Å². The second kappa shape index (κ2) is 8.81. The Bertz CT molecular complexity index is 1050. The molecule has 0 N–H and O–H groups in total. The summed E-state index contributed by atoms with van der Waals surface area (Å²) in [4.78, 5) is 24.9. The molecule has 31 heavy (non-hydrogen) atoms. The van der Waals surface area contributed by atoms with Gasteiger partial charge in [-0.3, -0.25) is 14.3 Å². The van der Waals surface area contributed by atoms with Gasteiger partial charge in [-0.1, -0.05) is 18.2 Å². The SMILES string of the molecule is Cc1nc2cc(C(=O)N3CCN(CCN4CCCC4)CC3)ccc2n1-c1ccccc1. The Hall–Kier alpha value is -2.70. The van der Waals surface area contributed by atoms with Crippen LogP contribution in [0.3, 0.4) is 0 Å². The Balaban J connectivity index is 1.25. The number of aryl methyl sites for hydroxylation is 1. The molecular formula is C25H31N5O. The summed E-state index contributed by atoms with van der Waals surface area (Å²) in [6.45, 7) is 10.3. The molecular weight excluding hydrogens is 386 g/mol. The highest BCUT2D eigenvalue weighted by molar-refractivity contribution is 5.97. The highest BCUT2D eigenvalue weighted by Crippen LogP contribution is 2.23. The summed E-state index contributed by atoms with van der Waals surface area (Å²) in [6.07, 6.45) is 2.69. The maximum Gasteiger partial charge on any atom is 0.254 e. The third-order valence-electron chi connectivity index (χ3n) is 6.67. The highest BCUT2D eigenvalue weighted by Gasteiger charge is 2.23. The van der Waals surface area contributed by atoms with Gasteiger partial charge in [0, 0.05) is 50.5 Å². The van der Waals surface area contributed by atoms with Crippen molar-refractivity contribution in [3.05, 3.63) is 59.9 Å². The van der Waals surface area contributed by atoms with Crippen LogP contribution in [-0.2, 0) is 0 Å². The zero-order chi connectivity index (χ0) is 21.2. The van der Waals surface area contributed by atoms with Crippen LogP contribution in [0.25, 0.3) is 16.7 Å². The number of imidazole rings is 1. The van der Waals surface area contributed by atoms with Crippen molar-refractivity contribution in [2.75, 3.05) is 52.4 Å². The Labute approximate surface area is 184 Å². The molecule has 1 aromatic heterocycles. The monoisotopic (exact) mass is 417 g/mol. The van der Waals surface area contributed by atoms with E-state index in [4.69, 9.17) is 4.98 Å². The number of carbonyl (C=O) groups is 1. The number of rotatable bonds is 5. The average molecular weight is 418 g/mol. The van der Waals surface area contributed by atoms with Crippen molar-refractivity contribution in [1.82, 2.24) is 24.3 Å². The minimum atomic E-state index is 0.119. The summed E-state index contributed by atoms with van der Waals surface area (Å²) in [5.74, 6) is 1.05. The Morgan fingerprint density at radius 3 is 2.26 bits per heavy atom. The number of carbonyl (C=O) groups excluding carboxylic acids is 1. The van der Waals surface area contributed by atoms with Gasteiger partial charge in [0.05, 0.1) is 11.0 Å². The normalized spacial score (nSPS) is 18.2. The van der Waals surface area contributed by atoms with Gasteiger partial charge in [0.15, 0.2) is 0 Å². The zero-order valence-electron chi connectivity index (χ0n) is 18.3. The van der Waals surface area contributed by atoms with E-state index in [2.05, 4.69) is 26.5 Å². The van der Waals surface area contributed by atoms with Gasteiger partial charge in [-0.2, -0.15) is 0 Å². The lowest BCUT2D eigenvalue weighted by Crippen LogP contribution is -2.50. The van der Waals surface area contributed by atoms with Gasteiger partial charge in [0.25, 0.3) is 5.91 Å². The Morgan fingerprint density at radius 2 is 1.55 bits per heavy atom. The van der Waals surface area contributed by atoms with Gasteiger partial charge < -0.3 is 9.80 Å². The molecule has 0 radical (unpaired) electrons. The van der Waals surface area contributed by atoms with E-state index >= 15 is 0 Å². The first-order chi connectivity index (χ1) is 15.2. The van der Waals surface area contributed by atoms with Crippen LogP contribution >= 0.6 is 0 Å². The zero-order valence-corrected chi connectivity index (χ0v) is 18.3. The van der Waals surface area contributed by atoms with Crippen LogP contribution in [0, 0.1) is 6.92 Å². The molecule has 6 nitrogen and oxygen atoms in total. The molecule has 0 atom stereocenters. The third-order valence-corrected chi connectivity index (χ3v) is 6.67. The number of para-hydroxylation sites is 1. The van der Waals surface area contributed by atoms with E-state index in [-0.39, 0.29) is 5.91 Å². The predicted octanol–water partition coefficient (Wildman–Crippen LogP) is 3.19. The maximum atomic E-state index is 13.1. The van der Waals surface area contributed by atoms with E-state index in [9.17, 15) is 4.79 Å². The van der Waals surface area contributed by atoms with Crippen LogP contribution < -0.4 is 0 Å². The number of amides is 1. The average Bonchev–Trinajstić information content (AvgIpc) is 3.44. The van der Waals surface area contributed by atoms with Crippen LogP contribution in [0.1, 0.15) is 29.0 Å².